The molecule has 15 heavy (non-hydrogen) atoms. The Kier molecular flexibility index (Phi) is 4.14. The minimum atomic E-state index is -2.87. The maximum atomic E-state index is 11.4. The van der Waals surface area contributed by atoms with E-state index in [4.69, 9.17) is 4.74 Å². The molecule has 0 aromatic carbocycles. The maximum Gasteiger partial charge on any atom is 0.151 e. The van der Waals surface area contributed by atoms with Crippen molar-refractivity contribution < 1.29 is 13.2 Å². The van der Waals surface area contributed by atoms with Gasteiger partial charge in [-0.05, 0) is 6.92 Å². The van der Waals surface area contributed by atoms with Gasteiger partial charge in [0.05, 0.1) is 19.0 Å². The van der Waals surface area contributed by atoms with Crippen LogP contribution in [0, 0.1) is 5.41 Å². The number of nitrogens with one attached hydrogen (secondary N) is 1. The summed E-state index contributed by atoms with van der Waals surface area (Å²) in [5.74, 6) is 0.444. The van der Waals surface area contributed by atoms with Gasteiger partial charge in [0.1, 0.15) is 0 Å². The summed E-state index contributed by atoms with van der Waals surface area (Å²) in [6.07, 6.45) is 0. The summed E-state index contributed by atoms with van der Waals surface area (Å²) in [5, 5.41) is 3.26. The van der Waals surface area contributed by atoms with Crippen LogP contribution < -0.4 is 5.32 Å². The maximum absolute atomic E-state index is 11.4. The first-order valence-electron chi connectivity index (χ1n) is 5.38. The van der Waals surface area contributed by atoms with Crippen LogP contribution in [0.1, 0.15) is 20.8 Å². The average Bonchev–Trinajstić information content (AvgIpc) is 2.11. The van der Waals surface area contributed by atoms with Crippen LogP contribution in [0.2, 0.25) is 0 Å². The summed E-state index contributed by atoms with van der Waals surface area (Å²) in [7, 11) is -2.87. The Balaban J connectivity index is 2.27. The molecule has 1 aliphatic heterocycles. The zero-order chi connectivity index (χ0) is 11.5. The van der Waals surface area contributed by atoms with Gasteiger partial charge in [-0.2, -0.15) is 0 Å². The third-order valence-electron chi connectivity index (χ3n) is 2.72. The smallest absolute Gasteiger partial charge is 0.151 e. The summed E-state index contributed by atoms with van der Waals surface area (Å²) in [6, 6.07) is 0.0207. The fourth-order valence-corrected chi connectivity index (χ4v) is 2.65. The van der Waals surface area contributed by atoms with Crippen molar-refractivity contribution in [3.8, 4) is 0 Å². The minimum Gasteiger partial charge on any atom is -0.380 e. The van der Waals surface area contributed by atoms with Gasteiger partial charge >= 0.3 is 0 Å². The van der Waals surface area contributed by atoms with Crippen molar-refractivity contribution in [1.82, 2.24) is 5.32 Å². The molecule has 0 aromatic rings. The van der Waals surface area contributed by atoms with Gasteiger partial charge in [0.2, 0.25) is 0 Å². The Morgan fingerprint density at radius 3 is 2.47 bits per heavy atom. The summed E-state index contributed by atoms with van der Waals surface area (Å²) in [4.78, 5) is 0. The third kappa shape index (κ3) is 4.09. The molecule has 5 heteroatoms. The summed E-state index contributed by atoms with van der Waals surface area (Å²) >= 11 is 0. The molecule has 1 saturated heterocycles. The van der Waals surface area contributed by atoms with Crippen LogP contribution in [0.15, 0.2) is 0 Å². The molecule has 1 fully saturated rings. The number of ether oxygens (including phenoxy) is 1. The van der Waals surface area contributed by atoms with E-state index in [0.717, 1.165) is 19.8 Å². The van der Waals surface area contributed by atoms with Crippen molar-refractivity contribution >= 4 is 9.84 Å². The van der Waals surface area contributed by atoms with E-state index in [0.29, 0.717) is 0 Å². The molecule has 1 aliphatic rings. The first kappa shape index (κ1) is 12.9. The standard InChI is InChI=1S/C10H21NO3S/c1-4-15(12,13)5-9(2)11-6-10(3)7-14-8-10/h9,11H,4-8H2,1-3H3. The highest BCUT2D eigenvalue weighted by Crippen LogP contribution is 2.25. The zero-order valence-electron chi connectivity index (χ0n) is 9.75. The largest absolute Gasteiger partial charge is 0.380 e. The second-order valence-corrected chi connectivity index (χ2v) is 7.18. The van der Waals surface area contributed by atoms with Gasteiger partial charge in [0, 0.05) is 23.8 Å². The van der Waals surface area contributed by atoms with E-state index < -0.39 is 9.84 Å². The molecule has 1 heterocycles. The second-order valence-electron chi connectivity index (χ2n) is 4.78. The third-order valence-corrected chi connectivity index (χ3v) is 4.61. The molecule has 4 nitrogen and oxygen atoms in total. The molecular weight excluding hydrogens is 214 g/mol. The van der Waals surface area contributed by atoms with E-state index in [9.17, 15) is 8.42 Å². The van der Waals surface area contributed by atoms with E-state index in [1.165, 1.54) is 0 Å². The van der Waals surface area contributed by atoms with Gasteiger partial charge in [0.15, 0.2) is 9.84 Å². The molecule has 1 rings (SSSR count). The number of hydrogen-bond acceptors (Lipinski definition) is 4. The normalized spacial score (nSPS) is 22.1. The Hall–Kier alpha value is -0.130. The quantitative estimate of drug-likeness (QED) is 0.725. The van der Waals surface area contributed by atoms with Crippen LogP contribution in [0.4, 0.5) is 0 Å². The highest BCUT2D eigenvalue weighted by atomic mass is 32.2. The summed E-state index contributed by atoms with van der Waals surface area (Å²) in [5.41, 5.74) is 0.199. The molecule has 0 radical (unpaired) electrons. The van der Waals surface area contributed by atoms with Crippen LogP contribution in [-0.2, 0) is 14.6 Å². The van der Waals surface area contributed by atoms with E-state index in [-0.39, 0.29) is 23.0 Å². The Morgan fingerprint density at radius 2 is 2.07 bits per heavy atom. The molecule has 0 saturated carbocycles. The summed E-state index contributed by atoms with van der Waals surface area (Å²) in [6.45, 7) is 8.11. The fraction of sp³-hybridized carbons (Fsp3) is 1.00. The molecule has 0 aliphatic carbocycles. The van der Waals surface area contributed by atoms with Crippen molar-refractivity contribution in [3.05, 3.63) is 0 Å². The van der Waals surface area contributed by atoms with Crippen LogP contribution in [-0.4, -0.2) is 45.7 Å². The van der Waals surface area contributed by atoms with E-state index in [1.807, 2.05) is 6.92 Å². The van der Waals surface area contributed by atoms with Gasteiger partial charge in [-0.25, -0.2) is 8.42 Å². The molecule has 1 atom stereocenters. The van der Waals surface area contributed by atoms with Crippen molar-refractivity contribution in [3.63, 3.8) is 0 Å². The van der Waals surface area contributed by atoms with Crippen molar-refractivity contribution in [2.45, 2.75) is 26.8 Å². The first-order valence-corrected chi connectivity index (χ1v) is 7.20. The van der Waals surface area contributed by atoms with E-state index in [1.54, 1.807) is 6.92 Å². The summed E-state index contributed by atoms with van der Waals surface area (Å²) < 4.78 is 27.8. The van der Waals surface area contributed by atoms with Gasteiger partial charge in [-0.15, -0.1) is 0 Å². The SMILES string of the molecule is CCS(=O)(=O)CC(C)NCC1(C)COC1. The topological polar surface area (TPSA) is 55.4 Å². The predicted octanol–water partition coefficient (Wildman–Crippen LogP) is 0.436. The van der Waals surface area contributed by atoms with Crippen molar-refractivity contribution in [1.29, 1.82) is 0 Å². The molecule has 0 amide bonds. The lowest BCUT2D eigenvalue weighted by atomic mass is 9.88. The monoisotopic (exact) mass is 235 g/mol. The fourth-order valence-electron chi connectivity index (χ4n) is 1.53. The van der Waals surface area contributed by atoms with E-state index in [2.05, 4.69) is 12.2 Å². The molecule has 0 bridgehead atoms. The second kappa shape index (κ2) is 4.80. The number of rotatable bonds is 6. The van der Waals surface area contributed by atoms with Gasteiger partial charge in [-0.1, -0.05) is 13.8 Å². The minimum absolute atomic E-state index is 0.0207. The molecular formula is C10H21NO3S. The average molecular weight is 235 g/mol. The molecule has 0 spiro atoms. The Bertz CT molecular complexity index is 296. The molecule has 1 N–H and O–H groups in total. The molecule has 1 unspecified atom stereocenters. The van der Waals surface area contributed by atoms with Crippen molar-refractivity contribution in [2.24, 2.45) is 5.41 Å². The van der Waals surface area contributed by atoms with Gasteiger partial charge < -0.3 is 10.1 Å². The highest BCUT2D eigenvalue weighted by molar-refractivity contribution is 7.91. The zero-order valence-corrected chi connectivity index (χ0v) is 10.6. The van der Waals surface area contributed by atoms with Crippen LogP contribution >= 0.6 is 0 Å². The van der Waals surface area contributed by atoms with E-state index >= 15 is 0 Å². The lowest BCUT2D eigenvalue weighted by Crippen LogP contribution is -2.50. The molecule has 90 valence electrons. The van der Waals surface area contributed by atoms with Gasteiger partial charge in [-0.3, -0.25) is 0 Å². The van der Waals surface area contributed by atoms with Gasteiger partial charge in [0.25, 0.3) is 0 Å². The van der Waals surface area contributed by atoms with Crippen LogP contribution in [0.5, 0.6) is 0 Å². The number of sulfone groups is 1. The van der Waals surface area contributed by atoms with Crippen LogP contribution in [0.3, 0.4) is 0 Å². The van der Waals surface area contributed by atoms with Crippen molar-refractivity contribution in [2.75, 3.05) is 31.3 Å². The lowest BCUT2D eigenvalue weighted by molar-refractivity contribution is -0.0996. The Labute approximate surface area is 92.3 Å². The predicted molar refractivity (Wildman–Crippen MR) is 60.7 cm³/mol. The number of hydrogen-bond donors (Lipinski definition) is 1. The first-order chi connectivity index (χ1) is 6.87. The Morgan fingerprint density at radius 1 is 1.47 bits per heavy atom. The van der Waals surface area contributed by atoms with Crippen LogP contribution in [0.25, 0.3) is 0 Å². The lowest BCUT2D eigenvalue weighted by Gasteiger charge is -2.39. The molecule has 0 aromatic heterocycles. The highest BCUT2D eigenvalue weighted by Gasteiger charge is 2.33.